The van der Waals surface area contributed by atoms with Gasteiger partial charge in [-0.25, -0.2) is 0 Å². The van der Waals surface area contributed by atoms with Crippen molar-refractivity contribution < 1.29 is 0 Å². The van der Waals surface area contributed by atoms with Crippen LogP contribution in [0.3, 0.4) is 0 Å². The first-order valence-electron chi connectivity index (χ1n) is 7.30. The summed E-state index contributed by atoms with van der Waals surface area (Å²) in [7, 11) is 0. The monoisotopic (exact) mass is 264 g/mol. The van der Waals surface area contributed by atoms with Crippen LogP contribution in [-0.4, -0.2) is 30.1 Å². The Morgan fingerprint density at radius 1 is 1.50 bits per heavy atom. The molecule has 3 atom stereocenters. The van der Waals surface area contributed by atoms with E-state index in [1.165, 1.54) is 37.9 Å². The lowest BCUT2D eigenvalue weighted by atomic mass is 9.99. The van der Waals surface area contributed by atoms with Gasteiger partial charge in [0.2, 0.25) is 0 Å². The third kappa shape index (κ3) is 2.49. The lowest BCUT2D eigenvalue weighted by molar-refractivity contribution is 0.0805. The molecule has 100 valence electrons. The molecule has 0 radical (unpaired) electrons. The molecule has 3 rings (SSSR count). The Morgan fingerprint density at radius 3 is 2.94 bits per heavy atom. The highest BCUT2D eigenvalue weighted by atomic mass is 32.1. The van der Waals surface area contributed by atoms with Crippen molar-refractivity contribution >= 4 is 11.3 Å². The zero-order valence-electron chi connectivity index (χ0n) is 11.4. The largest absolute Gasteiger partial charge is 0.311 e. The van der Waals surface area contributed by atoms with Gasteiger partial charge in [0, 0.05) is 31.2 Å². The molecular formula is C15H24N2S. The fourth-order valence-corrected chi connectivity index (χ4v) is 3.96. The van der Waals surface area contributed by atoms with E-state index >= 15 is 0 Å². The molecule has 1 N–H and O–H groups in total. The van der Waals surface area contributed by atoms with Gasteiger partial charge in [-0.05, 0) is 54.5 Å². The summed E-state index contributed by atoms with van der Waals surface area (Å²) in [4.78, 5) is 2.74. The van der Waals surface area contributed by atoms with Gasteiger partial charge in [-0.2, -0.15) is 11.3 Å². The van der Waals surface area contributed by atoms with E-state index in [-0.39, 0.29) is 0 Å². The van der Waals surface area contributed by atoms with E-state index in [1.54, 1.807) is 0 Å². The molecule has 1 aromatic heterocycles. The van der Waals surface area contributed by atoms with E-state index < -0.39 is 0 Å². The van der Waals surface area contributed by atoms with Crippen LogP contribution in [-0.2, 0) is 0 Å². The van der Waals surface area contributed by atoms with Crippen LogP contribution in [0.1, 0.15) is 44.7 Å². The molecule has 1 aliphatic heterocycles. The maximum Gasteiger partial charge on any atom is 0.0332 e. The fourth-order valence-electron chi connectivity index (χ4n) is 3.22. The van der Waals surface area contributed by atoms with E-state index in [4.69, 9.17) is 0 Å². The average molecular weight is 264 g/mol. The zero-order valence-corrected chi connectivity index (χ0v) is 12.2. The van der Waals surface area contributed by atoms with Crippen LogP contribution in [0, 0.1) is 5.92 Å². The lowest BCUT2D eigenvalue weighted by Gasteiger charge is -2.43. The highest BCUT2D eigenvalue weighted by molar-refractivity contribution is 7.07. The van der Waals surface area contributed by atoms with Crippen LogP contribution in [0.15, 0.2) is 16.8 Å². The molecule has 2 nitrogen and oxygen atoms in total. The van der Waals surface area contributed by atoms with E-state index in [9.17, 15) is 0 Å². The summed E-state index contributed by atoms with van der Waals surface area (Å²) >= 11 is 1.82. The highest BCUT2D eigenvalue weighted by Gasteiger charge is 2.38. The van der Waals surface area contributed by atoms with Crippen molar-refractivity contribution in [2.75, 3.05) is 13.1 Å². The van der Waals surface area contributed by atoms with Crippen molar-refractivity contribution in [3.63, 3.8) is 0 Å². The van der Waals surface area contributed by atoms with Gasteiger partial charge in [0.15, 0.2) is 0 Å². The second kappa shape index (κ2) is 5.32. The molecule has 2 heterocycles. The first-order valence-corrected chi connectivity index (χ1v) is 8.25. The number of nitrogens with one attached hydrogen (secondary N) is 1. The standard InChI is InChI=1S/C15H24N2S/c1-3-14-8-16-15(12-4-5-12)9-17(14)11(2)13-6-7-18-10-13/h6-7,10-12,14-16H,3-5,8-9H2,1-2H3. The van der Waals surface area contributed by atoms with E-state index in [1.807, 2.05) is 11.3 Å². The van der Waals surface area contributed by atoms with Gasteiger partial charge < -0.3 is 5.32 Å². The van der Waals surface area contributed by atoms with E-state index in [2.05, 4.69) is 40.9 Å². The Morgan fingerprint density at radius 2 is 2.33 bits per heavy atom. The first kappa shape index (κ1) is 12.6. The molecule has 0 amide bonds. The Bertz CT molecular complexity index is 372. The number of hydrogen-bond donors (Lipinski definition) is 1. The maximum absolute atomic E-state index is 3.77. The van der Waals surface area contributed by atoms with Crippen molar-refractivity contribution in [1.29, 1.82) is 0 Å². The summed E-state index contributed by atoms with van der Waals surface area (Å²) in [6, 6.07) is 4.31. The van der Waals surface area contributed by atoms with Crippen LogP contribution in [0.2, 0.25) is 0 Å². The van der Waals surface area contributed by atoms with Crippen LogP contribution in [0.25, 0.3) is 0 Å². The SMILES string of the molecule is CCC1CNC(C2CC2)CN1C(C)c1ccsc1. The van der Waals surface area contributed by atoms with Crippen LogP contribution < -0.4 is 5.32 Å². The minimum Gasteiger partial charge on any atom is -0.311 e. The second-order valence-electron chi connectivity index (χ2n) is 5.84. The fraction of sp³-hybridized carbons (Fsp3) is 0.733. The molecule has 18 heavy (non-hydrogen) atoms. The van der Waals surface area contributed by atoms with E-state index in [0.717, 1.165) is 12.0 Å². The smallest absolute Gasteiger partial charge is 0.0332 e. The highest BCUT2D eigenvalue weighted by Crippen LogP contribution is 2.36. The second-order valence-corrected chi connectivity index (χ2v) is 6.62. The lowest BCUT2D eigenvalue weighted by Crippen LogP contribution is -2.57. The van der Waals surface area contributed by atoms with Crippen molar-refractivity contribution in [1.82, 2.24) is 10.2 Å². The number of rotatable bonds is 4. The Labute approximate surface area is 114 Å². The van der Waals surface area contributed by atoms with Gasteiger partial charge in [0.1, 0.15) is 0 Å². The third-order valence-corrected chi connectivity index (χ3v) is 5.38. The van der Waals surface area contributed by atoms with Gasteiger partial charge in [-0.1, -0.05) is 6.92 Å². The molecule has 3 heteroatoms. The molecule has 1 aliphatic carbocycles. The molecular weight excluding hydrogens is 240 g/mol. The third-order valence-electron chi connectivity index (χ3n) is 4.68. The predicted octanol–water partition coefficient (Wildman–Crippen LogP) is 3.27. The van der Waals surface area contributed by atoms with Crippen molar-refractivity contribution in [2.45, 2.75) is 51.2 Å². The van der Waals surface area contributed by atoms with Gasteiger partial charge in [-0.15, -0.1) is 0 Å². The minimum absolute atomic E-state index is 0.574. The molecule has 2 aliphatic rings. The van der Waals surface area contributed by atoms with Gasteiger partial charge in [-0.3, -0.25) is 4.90 Å². The summed E-state index contributed by atoms with van der Waals surface area (Å²) < 4.78 is 0. The molecule has 1 saturated carbocycles. The van der Waals surface area contributed by atoms with Gasteiger partial charge in [0.25, 0.3) is 0 Å². The summed E-state index contributed by atoms with van der Waals surface area (Å²) in [6.45, 7) is 7.10. The Hall–Kier alpha value is -0.380. The number of nitrogens with zero attached hydrogens (tertiary/aromatic N) is 1. The first-order chi connectivity index (χ1) is 8.79. The summed E-state index contributed by atoms with van der Waals surface area (Å²) in [5, 5.41) is 8.29. The van der Waals surface area contributed by atoms with Gasteiger partial charge in [0.05, 0.1) is 0 Å². The van der Waals surface area contributed by atoms with Crippen LogP contribution in [0.4, 0.5) is 0 Å². The minimum atomic E-state index is 0.574. The van der Waals surface area contributed by atoms with Crippen LogP contribution in [0.5, 0.6) is 0 Å². The normalized spacial score (nSPS) is 31.4. The van der Waals surface area contributed by atoms with E-state index in [0.29, 0.717) is 12.1 Å². The molecule has 2 fully saturated rings. The molecule has 0 bridgehead atoms. The summed E-state index contributed by atoms with van der Waals surface area (Å²) in [5.41, 5.74) is 1.50. The molecule has 3 unspecified atom stereocenters. The van der Waals surface area contributed by atoms with Gasteiger partial charge >= 0.3 is 0 Å². The zero-order chi connectivity index (χ0) is 12.5. The summed E-state index contributed by atoms with van der Waals surface area (Å²) in [6.07, 6.45) is 4.13. The summed E-state index contributed by atoms with van der Waals surface area (Å²) in [5.74, 6) is 0.958. The van der Waals surface area contributed by atoms with Crippen LogP contribution >= 0.6 is 11.3 Å². The topological polar surface area (TPSA) is 15.3 Å². The van der Waals surface area contributed by atoms with Crippen molar-refractivity contribution in [3.05, 3.63) is 22.4 Å². The predicted molar refractivity (Wildman–Crippen MR) is 78.0 cm³/mol. The Kier molecular flexibility index (Phi) is 3.73. The van der Waals surface area contributed by atoms with Crippen molar-refractivity contribution in [2.24, 2.45) is 5.92 Å². The average Bonchev–Trinajstić information content (AvgIpc) is 3.12. The molecule has 0 spiro atoms. The molecule has 0 aromatic carbocycles. The molecule has 1 saturated heterocycles. The molecule has 1 aromatic rings. The quantitative estimate of drug-likeness (QED) is 0.898. The Balaban J connectivity index is 1.72. The number of hydrogen-bond acceptors (Lipinski definition) is 3. The number of thiophene rings is 1. The number of piperazine rings is 1. The van der Waals surface area contributed by atoms with Crippen molar-refractivity contribution in [3.8, 4) is 0 Å². The maximum atomic E-state index is 3.77.